The second kappa shape index (κ2) is 7.76. The number of amides is 1. The molecule has 6 nitrogen and oxygen atoms in total. The molecule has 6 heteroatoms. The maximum absolute atomic E-state index is 12.8. The zero-order chi connectivity index (χ0) is 19.5. The van der Waals surface area contributed by atoms with Crippen molar-refractivity contribution in [1.82, 2.24) is 10.1 Å². The van der Waals surface area contributed by atoms with Crippen LogP contribution in [0.5, 0.6) is 11.5 Å². The van der Waals surface area contributed by atoms with Crippen molar-refractivity contribution in [1.29, 1.82) is 0 Å². The molecule has 2 aromatic carbocycles. The van der Waals surface area contributed by atoms with Gasteiger partial charge < -0.3 is 18.9 Å². The third-order valence-corrected chi connectivity index (χ3v) is 5.10. The molecule has 1 aliphatic rings. The monoisotopic (exact) mass is 378 g/mol. The quantitative estimate of drug-likeness (QED) is 0.657. The summed E-state index contributed by atoms with van der Waals surface area (Å²) < 4.78 is 16.2. The van der Waals surface area contributed by atoms with Crippen LogP contribution in [-0.2, 0) is 19.4 Å². The highest BCUT2D eigenvalue weighted by molar-refractivity contribution is 5.92. The second-order valence-electron chi connectivity index (χ2n) is 6.89. The van der Waals surface area contributed by atoms with E-state index in [2.05, 4.69) is 17.3 Å². The lowest BCUT2D eigenvalue weighted by Crippen LogP contribution is -2.37. The Labute approximate surface area is 163 Å². The molecule has 1 amide bonds. The lowest BCUT2D eigenvalue weighted by Gasteiger charge is -2.23. The maximum Gasteiger partial charge on any atom is 0.276 e. The van der Waals surface area contributed by atoms with Crippen molar-refractivity contribution in [2.24, 2.45) is 0 Å². The van der Waals surface area contributed by atoms with Crippen LogP contribution in [0.25, 0.3) is 0 Å². The average molecular weight is 378 g/mol. The largest absolute Gasteiger partial charge is 0.497 e. The van der Waals surface area contributed by atoms with Gasteiger partial charge in [0.15, 0.2) is 11.5 Å². The van der Waals surface area contributed by atoms with E-state index in [-0.39, 0.29) is 18.6 Å². The van der Waals surface area contributed by atoms with Crippen LogP contribution in [0.1, 0.15) is 27.4 Å². The molecule has 0 atom stereocenters. The predicted molar refractivity (Wildman–Crippen MR) is 104 cm³/mol. The number of rotatable bonds is 6. The predicted octanol–water partition coefficient (Wildman–Crippen LogP) is 3.50. The smallest absolute Gasteiger partial charge is 0.276 e. The molecule has 144 valence electrons. The topological polar surface area (TPSA) is 64.8 Å². The van der Waals surface area contributed by atoms with Crippen molar-refractivity contribution in [3.05, 3.63) is 77.2 Å². The Morgan fingerprint density at radius 1 is 1.11 bits per heavy atom. The van der Waals surface area contributed by atoms with Crippen LogP contribution in [0.2, 0.25) is 0 Å². The standard InChI is InChI=1S/C22H22N2O4/c1-24(17-10-15-6-3-4-7-16(15)11-17)22(25)21-13-20(28-23-21)14-27-19-9-5-8-18(12-19)26-2/h3-9,12-13,17H,10-11,14H2,1-2H3. The third-order valence-electron chi connectivity index (χ3n) is 5.10. The number of nitrogens with zero attached hydrogens (tertiary/aromatic N) is 2. The highest BCUT2D eigenvalue weighted by Gasteiger charge is 2.29. The fourth-order valence-electron chi connectivity index (χ4n) is 3.48. The summed E-state index contributed by atoms with van der Waals surface area (Å²) in [5, 5.41) is 3.93. The summed E-state index contributed by atoms with van der Waals surface area (Å²) in [5.74, 6) is 1.72. The number of aromatic nitrogens is 1. The van der Waals surface area contributed by atoms with Crippen LogP contribution in [0.15, 0.2) is 59.1 Å². The Bertz CT molecular complexity index is 957. The minimum Gasteiger partial charge on any atom is -0.497 e. The molecule has 0 saturated heterocycles. The van der Waals surface area contributed by atoms with E-state index >= 15 is 0 Å². The van der Waals surface area contributed by atoms with Crippen LogP contribution >= 0.6 is 0 Å². The summed E-state index contributed by atoms with van der Waals surface area (Å²) in [4.78, 5) is 14.6. The van der Waals surface area contributed by atoms with Crippen molar-refractivity contribution < 1.29 is 18.8 Å². The summed E-state index contributed by atoms with van der Waals surface area (Å²) in [6.07, 6.45) is 1.73. The normalized spacial score (nSPS) is 13.2. The van der Waals surface area contributed by atoms with Gasteiger partial charge in [0.2, 0.25) is 0 Å². The molecule has 0 aliphatic heterocycles. The van der Waals surface area contributed by atoms with Crippen molar-refractivity contribution in [3.8, 4) is 11.5 Å². The molecule has 1 aliphatic carbocycles. The Morgan fingerprint density at radius 3 is 2.54 bits per heavy atom. The second-order valence-corrected chi connectivity index (χ2v) is 6.89. The first-order chi connectivity index (χ1) is 13.6. The zero-order valence-corrected chi connectivity index (χ0v) is 15.9. The lowest BCUT2D eigenvalue weighted by molar-refractivity contribution is 0.0727. The summed E-state index contributed by atoms with van der Waals surface area (Å²) >= 11 is 0. The summed E-state index contributed by atoms with van der Waals surface area (Å²) in [6, 6.07) is 17.4. The van der Waals surface area contributed by atoms with Crippen molar-refractivity contribution in [2.45, 2.75) is 25.5 Å². The van der Waals surface area contributed by atoms with Crippen LogP contribution in [0.3, 0.4) is 0 Å². The number of carbonyl (C=O) groups excluding carboxylic acids is 1. The van der Waals surface area contributed by atoms with E-state index in [0.717, 1.165) is 12.8 Å². The molecule has 0 saturated carbocycles. The van der Waals surface area contributed by atoms with Gasteiger partial charge in [0.05, 0.1) is 7.11 Å². The Kier molecular flexibility index (Phi) is 5.02. The molecule has 0 N–H and O–H groups in total. The SMILES string of the molecule is COc1cccc(OCc2cc(C(=O)N(C)C3Cc4ccccc4C3)no2)c1. The van der Waals surface area contributed by atoms with Crippen LogP contribution < -0.4 is 9.47 Å². The first-order valence-electron chi connectivity index (χ1n) is 9.20. The van der Waals surface area contributed by atoms with Gasteiger partial charge in [-0.1, -0.05) is 35.5 Å². The molecule has 0 unspecified atom stereocenters. The van der Waals surface area contributed by atoms with E-state index in [9.17, 15) is 4.79 Å². The van der Waals surface area contributed by atoms with Gasteiger partial charge in [-0.25, -0.2) is 0 Å². The highest BCUT2D eigenvalue weighted by atomic mass is 16.5. The van der Waals surface area contributed by atoms with Crippen LogP contribution in [-0.4, -0.2) is 36.2 Å². The van der Waals surface area contributed by atoms with Crippen molar-refractivity contribution in [2.75, 3.05) is 14.2 Å². The zero-order valence-electron chi connectivity index (χ0n) is 15.9. The number of ether oxygens (including phenoxy) is 2. The number of benzene rings is 2. The van der Waals surface area contributed by atoms with Gasteiger partial charge in [-0.2, -0.15) is 0 Å². The Balaban J connectivity index is 1.37. The molecule has 3 aromatic rings. The number of fused-ring (bicyclic) bond motifs is 1. The molecule has 1 heterocycles. The summed E-state index contributed by atoms with van der Waals surface area (Å²) in [7, 11) is 3.42. The third kappa shape index (κ3) is 3.71. The van der Waals surface area contributed by atoms with Gasteiger partial charge in [-0.05, 0) is 36.1 Å². The molecule has 0 bridgehead atoms. The van der Waals surface area contributed by atoms with E-state index in [4.69, 9.17) is 14.0 Å². The van der Waals surface area contributed by atoms with Gasteiger partial charge in [0.25, 0.3) is 5.91 Å². The number of hydrogen-bond donors (Lipinski definition) is 0. The number of hydrogen-bond acceptors (Lipinski definition) is 5. The highest BCUT2D eigenvalue weighted by Crippen LogP contribution is 2.26. The molecule has 0 radical (unpaired) electrons. The minimum absolute atomic E-state index is 0.137. The number of likely N-dealkylation sites (N-methyl/N-ethyl adjacent to an activating group) is 1. The molecule has 28 heavy (non-hydrogen) atoms. The van der Waals surface area contributed by atoms with E-state index in [1.54, 1.807) is 24.1 Å². The summed E-state index contributed by atoms with van der Waals surface area (Å²) in [6.45, 7) is 0.187. The molecule has 0 fully saturated rings. The minimum atomic E-state index is -0.144. The van der Waals surface area contributed by atoms with Gasteiger partial charge >= 0.3 is 0 Å². The number of methoxy groups -OCH3 is 1. The van der Waals surface area contributed by atoms with Crippen LogP contribution in [0, 0.1) is 0 Å². The molecule has 4 rings (SSSR count). The lowest BCUT2D eigenvalue weighted by atomic mass is 10.1. The maximum atomic E-state index is 12.8. The fourth-order valence-corrected chi connectivity index (χ4v) is 3.48. The number of carbonyl (C=O) groups is 1. The van der Waals surface area contributed by atoms with Gasteiger partial charge in [0, 0.05) is 25.2 Å². The molecular formula is C22H22N2O4. The fraction of sp³-hybridized carbons (Fsp3) is 0.273. The van der Waals surface area contributed by atoms with Crippen LogP contribution in [0.4, 0.5) is 0 Å². The molecular weight excluding hydrogens is 356 g/mol. The first-order valence-corrected chi connectivity index (χ1v) is 9.20. The van der Waals surface area contributed by atoms with Crippen molar-refractivity contribution >= 4 is 5.91 Å². The molecule has 0 spiro atoms. The van der Waals surface area contributed by atoms with Gasteiger partial charge in [-0.15, -0.1) is 0 Å². The van der Waals surface area contributed by atoms with Gasteiger partial charge in [-0.3, -0.25) is 4.79 Å². The Hall–Kier alpha value is -3.28. The molecule has 1 aromatic heterocycles. The van der Waals surface area contributed by atoms with E-state index in [1.165, 1.54) is 11.1 Å². The summed E-state index contributed by atoms with van der Waals surface area (Å²) in [5.41, 5.74) is 2.90. The van der Waals surface area contributed by atoms with E-state index in [0.29, 0.717) is 23.0 Å². The van der Waals surface area contributed by atoms with Crippen molar-refractivity contribution in [3.63, 3.8) is 0 Å². The van der Waals surface area contributed by atoms with Gasteiger partial charge in [0.1, 0.15) is 18.1 Å². The first kappa shape index (κ1) is 18.1. The average Bonchev–Trinajstić information content (AvgIpc) is 3.38. The van der Waals surface area contributed by atoms with E-state index < -0.39 is 0 Å². The Morgan fingerprint density at radius 2 is 1.82 bits per heavy atom. The van der Waals surface area contributed by atoms with E-state index in [1.807, 2.05) is 37.4 Å².